The van der Waals surface area contributed by atoms with Gasteiger partial charge in [-0.25, -0.2) is 0 Å². The molecule has 0 fully saturated rings. The molecule has 0 radical (unpaired) electrons. The van der Waals surface area contributed by atoms with Crippen molar-refractivity contribution in [3.8, 4) is 0 Å². The standard InChI is InChI=1S/C7H9NOS/c1-5-3-7(4-8-9)6(2)10-5/h3-4,9H,1-2H3. The van der Waals surface area contributed by atoms with Crippen LogP contribution in [0.5, 0.6) is 0 Å². The zero-order chi connectivity index (χ0) is 7.56. The van der Waals surface area contributed by atoms with E-state index in [0.29, 0.717) is 0 Å². The van der Waals surface area contributed by atoms with Crippen molar-refractivity contribution in [3.63, 3.8) is 0 Å². The maximum absolute atomic E-state index is 8.23. The first kappa shape index (κ1) is 7.28. The fourth-order valence-corrected chi connectivity index (χ4v) is 1.74. The summed E-state index contributed by atoms with van der Waals surface area (Å²) in [4.78, 5) is 2.43. The van der Waals surface area contributed by atoms with E-state index in [0.717, 1.165) is 5.56 Å². The molecule has 0 spiro atoms. The highest BCUT2D eigenvalue weighted by atomic mass is 32.1. The highest BCUT2D eigenvalue weighted by molar-refractivity contribution is 7.12. The Labute approximate surface area is 63.8 Å². The van der Waals surface area contributed by atoms with Crippen LogP contribution in [0.25, 0.3) is 0 Å². The molecule has 0 aromatic carbocycles. The fourth-order valence-electron chi connectivity index (χ4n) is 0.841. The van der Waals surface area contributed by atoms with Crippen LogP contribution in [0.3, 0.4) is 0 Å². The van der Waals surface area contributed by atoms with E-state index in [2.05, 4.69) is 5.16 Å². The summed E-state index contributed by atoms with van der Waals surface area (Å²) in [6, 6.07) is 2.00. The molecule has 1 rings (SSSR count). The van der Waals surface area contributed by atoms with Gasteiger partial charge in [-0.3, -0.25) is 0 Å². The van der Waals surface area contributed by atoms with Crippen LogP contribution in [0.15, 0.2) is 11.2 Å². The minimum atomic E-state index is 1.00. The number of oxime groups is 1. The summed E-state index contributed by atoms with van der Waals surface area (Å²) in [5.74, 6) is 0. The Morgan fingerprint density at radius 2 is 2.30 bits per heavy atom. The minimum Gasteiger partial charge on any atom is -0.411 e. The Morgan fingerprint density at radius 3 is 2.70 bits per heavy atom. The summed E-state index contributed by atoms with van der Waals surface area (Å²) in [5, 5.41) is 11.2. The molecule has 1 N–H and O–H groups in total. The summed E-state index contributed by atoms with van der Waals surface area (Å²) < 4.78 is 0. The van der Waals surface area contributed by atoms with Crippen molar-refractivity contribution >= 4 is 17.6 Å². The first-order valence-corrected chi connectivity index (χ1v) is 3.80. The van der Waals surface area contributed by atoms with Gasteiger partial charge in [-0.2, -0.15) is 0 Å². The molecule has 1 aromatic heterocycles. The quantitative estimate of drug-likeness (QED) is 0.376. The molecule has 0 aliphatic rings. The normalized spacial score (nSPS) is 11.0. The molecular formula is C7H9NOS. The lowest BCUT2D eigenvalue weighted by Crippen LogP contribution is -1.77. The number of thiophene rings is 1. The lowest BCUT2D eigenvalue weighted by atomic mass is 10.3. The number of aryl methyl sites for hydroxylation is 2. The Balaban J connectivity index is 3.03. The number of hydrogen-bond donors (Lipinski definition) is 1. The Morgan fingerprint density at radius 1 is 1.60 bits per heavy atom. The van der Waals surface area contributed by atoms with E-state index in [-0.39, 0.29) is 0 Å². The van der Waals surface area contributed by atoms with Crippen molar-refractivity contribution in [2.75, 3.05) is 0 Å². The molecule has 0 amide bonds. The smallest absolute Gasteiger partial charge is 0.0744 e. The molecule has 0 aliphatic heterocycles. The maximum atomic E-state index is 8.23. The monoisotopic (exact) mass is 155 g/mol. The number of nitrogens with zero attached hydrogens (tertiary/aromatic N) is 1. The molecule has 2 nitrogen and oxygen atoms in total. The van der Waals surface area contributed by atoms with E-state index in [1.807, 2.05) is 19.9 Å². The van der Waals surface area contributed by atoms with Crippen molar-refractivity contribution in [3.05, 3.63) is 21.4 Å². The first-order chi connectivity index (χ1) is 4.74. The molecule has 1 heterocycles. The largest absolute Gasteiger partial charge is 0.411 e. The van der Waals surface area contributed by atoms with Crippen LogP contribution >= 0.6 is 11.3 Å². The summed E-state index contributed by atoms with van der Waals surface area (Å²) in [6.45, 7) is 4.04. The van der Waals surface area contributed by atoms with Crippen LogP contribution < -0.4 is 0 Å². The van der Waals surface area contributed by atoms with Gasteiger partial charge in [0.2, 0.25) is 0 Å². The Hall–Kier alpha value is -0.830. The molecule has 0 bridgehead atoms. The van der Waals surface area contributed by atoms with Crippen LogP contribution in [0, 0.1) is 13.8 Å². The minimum absolute atomic E-state index is 1.00. The summed E-state index contributed by atoms with van der Waals surface area (Å²) >= 11 is 1.71. The molecule has 0 atom stereocenters. The van der Waals surface area contributed by atoms with Gasteiger partial charge in [-0.05, 0) is 19.9 Å². The van der Waals surface area contributed by atoms with Crippen LogP contribution in [-0.4, -0.2) is 11.4 Å². The maximum Gasteiger partial charge on any atom is 0.0744 e. The first-order valence-electron chi connectivity index (χ1n) is 2.98. The van der Waals surface area contributed by atoms with E-state index < -0.39 is 0 Å². The van der Waals surface area contributed by atoms with Crippen LogP contribution in [-0.2, 0) is 0 Å². The van der Waals surface area contributed by atoms with Gasteiger partial charge in [-0.1, -0.05) is 5.16 Å². The zero-order valence-electron chi connectivity index (χ0n) is 5.96. The van der Waals surface area contributed by atoms with Gasteiger partial charge < -0.3 is 5.21 Å². The van der Waals surface area contributed by atoms with Crippen LogP contribution in [0.1, 0.15) is 15.3 Å². The van der Waals surface area contributed by atoms with Crippen molar-refractivity contribution in [2.45, 2.75) is 13.8 Å². The zero-order valence-corrected chi connectivity index (χ0v) is 6.77. The third-order valence-corrected chi connectivity index (χ3v) is 2.26. The van der Waals surface area contributed by atoms with E-state index in [4.69, 9.17) is 5.21 Å². The van der Waals surface area contributed by atoms with E-state index in [1.165, 1.54) is 16.0 Å². The molecule has 3 heteroatoms. The van der Waals surface area contributed by atoms with Crippen LogP contribution in [0.2, 0.25) is 0 Å². The van der Waals surface area contributed by atoms with Crippen molar-refractivity contribution < 1.29 is 5.21 Å². The summed E-state index contributed by atoms with van der Waals surface area (Å²) in [6.07, 6.45) is 1.46. The van der Waals surface area contributed by atoms with Gasteiger partial charge >= 0.3 is 0 Å². The van der Waals surface area contributed by atoms with Gasteiger partial charge in [0.15, 0.2) is 0 Å². The second kappa shape index (κ2) is 2.84. The van der Waals surface area contributed by atoms with Gasteiger partial charge in [0.05, 0.1) is 6.21 Å². The van der Waals surface area contributed by atoms with Crippen LogP contribution in [0.4, 0.5) is 0 Å². The van der Waals surface area contributed by atoms with Gasteiger partial charge in [0, 0.05) is 15.3 Å². The van der Waals surface area contributed by atoms with Gasteiger partial charge in [-0.15, -0.1) is 11.3 Å². The predicted octanol–water partition coefficient (Wildman–Crippen LogP) is 2.17. The lowest BCUT2D eigenvalue weighted by molar-refractivity contribution is 0.322. The second-order valence-electron chi connectivity index (χ2n) is 2.11. The molecule has 10 heavy (non-hydrogen) atoms. The third-order valence-electron chi connectivity index (χ3n) is 1.28. The number of hydrogen-bond acceptors (Lipinski definition) is 3. The van der Waals surface area contributed by atoms with Crippen molar-refractivity contribution in [1.29, 1.82) is 0 Å². The van der Waals surface area contributed by atoms with Crippen molar-refractivity contribution in [1.82, 2.24) is 0 Å². The van der Waals surface area contributed by atoms with E-state index in [9.17, 15) is 0 Å². The highest BCUT2D eigenvalue weighted by Gasteiger charge is 1.98. The summed E-state index contributed by atoms with van der Waals surface area (Å²) in [7, 11) is 0. The molecular weight excluding hydrogens is 146 g/mol. The molecule has 0 saturated heterocycles. The molecule has 0 unspecified atom stereocenters. The molecule has 0 saturated carbocycles. The predicted molar refractivity (Wildman–Crippen MR) is 43.2 cm³/mol. The van der Waals surface area contributed by atoms with Gasteiger partial charge in [0.25, 0.3) is 0 Å². The molecule has 0 aliphatic carbocycles. The number of rotatable bonds is 1. The SMILES string of the molecule is Cc1cc(C=NO)c(C)s1. The van der Waals surface area contributed by atoms with E-state index in [1.54, 1.807) is 11.3 Å². The molecule has 1 aromatic rings. The second-order valence-corrected chi connectivity index (χ2v) is 3.57. The molecule has 54 valence electrons. The lowest BCUT2D eigenvalue weighted by Gasteiger charge is -1.83. The topological polar surface area (TPSA) is 32.6 Å². The highest BCUT2D eigenvalue weighted by Crippen LogP contribution is 2.18. The summed E-state index contributed by atoms with van der Waals surface area (Å²) in [5.41, 5.74) is 1.00. The average molecular weight is 155 g/mol. The Kier molecular flexibility index (Phi) is 2.06. The fraction of sp³-hybridized carbons (Fsp3) is 0.286. The average Bonchev–Trinajstić information content (AvgIpc) is 2.13. The third kappa shape index (κ3) is 1.36. The van der Waals surface area contributed by atoms with Gasteiger partial charge in [0.1, 0.15) is 0 Å². The Bertz CT molecular complexity index is 252. The van der Waals surface area contributed by atoms with Crippen molar-refractivity contribution in [2.24, 2.45) is 5.16 Å². The van der Waals surface area contributed by atoms with E-state index >= 15 is 0 Å².